The fourth-order valence-electron chi connectivity index (χ4n) is 2.38. The minimum Gasteiger partial charge on any atom is -0.354 e. The van der Waals surface area contributed by atoms with Crippen LogP contribution in [-0.2, 0) is 6.42 Å². The van der Waals surface area contributed by atoms with Crippen molar-refractivity contribution < 1.29 is 0 Å². The van der Waals surface area contributed by atoms with Crippen LogP contribution in [0.2, 0.25) is 0 Å². The number of hydrogen-bond donors (Lipinski definition) is 3. The third kappa shape index (κ3) is 2.54. The van der Waals surface area contributed by atoms with Gasteiger partial charge in [-0.2, -0.15) is 0 Å². The van der Waals surface area contributed by atoms with Gasteiger partial charge in [-0.05, 0) is 30.5 Å². The number of anilines is 1. The number of guanidine groups is 1. The first-order chi connectivity index (χ1) is 9.36. The van der Waals surface area contributed by atoms with Crippen molar-refractivity contribution in [2.24, 2.45) is 4.99 Å². The van der Waals surface area contributed by atoms with E-state index < -0.39 is 0 Å². The van der Waals surface area contributed by atoms with E-state index in [1.807, 2.05) is 0 Å². The molecule has 0 radical (unpaired) electrons. The highest BCUT2D eigenvalue weighted by Gasteiger charge is 2.09. The molecule has 0 fully saturated rings. The molecule has 0 aliphatic carbocycles. The zero-order chi connectivity index (χ0) is 13.1. The van der Waals surface area contributed by atoms with Gasteiger partial charge in [0.2, 0.25) is 0 Å². The number of unbranched alkanes of at least 4 members (excludes halogenated alkanes) is 1. The largest absolute Gasteiger partial charge is 0.354 e. The summed E-state index contributed by atoms with van der Waals surface area (Å²) in [7, 11) is 0. The molecule has 2 heterocycles. The molecule has 0 saturated heterocycles. The highest BCUT2D eigenvalue weighted by Crippen LogP contribution is 2.23. The van der Waals surface area contributed by atoms with Crippen molar-refractivity contribution in [2.45, 2.75) is 26.2 Å². The summed E-state index contributed by atoms with van der Waals surface area (Å²) in [6.45, 7) is 3.97. The van der Waals surface area contributed by atoms with Crippen LogP contribution in [0.15, 0.2) is 23.5 Å². The Morgan fingerprint density at radius 3 is 3.11 bits per heavy atom. The van der Waals surface area contributed by atoms with E-state index in [1.54, 1.807) is 6.33 Å². The molecule has 1 aliphatic heterocycles. The lowest BCUT2D eigenvalue weighted by atomic mass is 10.1. The summed E-state index contributed by atoms with van der Waals surface area (Å²) in [6, 6.07) is 4.25. The van der Waals surface area contributed by atoms with Gasteiger partial charge < -0.3 is 15.6 Å². The summed E-state index contributed by atoms with van der Waals surface area (Å²) in [4.78, 5) is 12.0. The molecule has 19 heavy (non-hydrogen) atoms. The van der Waals surface area contributed by atoms with Crippen LogP contribution in [-0.4, -0.2) is 29.0 Å². The second-order valence-corrected chi connectivity index (χ2v) is 4.82. The Balaban J connectivity index is 1.91. The lowest BCUT2D eigenvalue weighted by molar-refractivity contribution is 0.798. The molecule has 0 spiro atoms. The predicted molar refractivity (Wildman–Crippen MR) is 78.6 cm³/mol. The van der Waals surface area contributed by atoms with E-state index in [0.717, 1.165) is 42.2 Å². The van der Waals surface area contributed by atoms with Gasteiger partial charge in [-0.3, -0.25) is 4.99 Å². The SMILES string of the molecule is CCCCc1cc(NC2=NCCN2)cc2nc[nH]c12. The zero-order valence-electron chi connectivity index (χ0n) is 11.2. The third-order valence-electron chi connectivity index (χ3n) is 3.35. The van der Waals surface area contributed by atoms with Crippen molar-refractivity contribution in [1.29, 1.82) is 0 Å². The van der Waals surface area contributed by atoms with Gasteiger partial charge in [0, 0.05) is 12.2 Å². The molecule has 0 atom stereocenters. The number of fused-ring (bicyclic) bond motifs is 1. The minimum atomic E-state index is 0.843. The topological polar surface area (TPSA) is 65.1 Å². The number of H-pyrrole nitrogens is 1. The van der Waals surface area contributed by atoms with Gasteiger partial charge in [0.05, 0.1) is 23.9 Å². The van der Waals surface area contributed by atoms with Crippen molar-refractivity contribution in [3.8, 4) is 0 Å². The second-order valence-electron chi connectivity index (χ2n) is 4.82. The smallest absolute Gasteiger partial charge is 0.195 e. The van der Waals surface area contributed by atoms with Gasteiger partial charge in [0.25, 0.3) is 0 Å². The van der Waals surface area contributed by atoms with Crippen molar-refractivity contribution in [3.63, 3.8) is 0 Å². The number of nitrogens with one attached hydrogen (secondary N) is 3. The molecule has 1 aromatic carbocycles. The fraction of sp³-hybridized carbons (Fsp3) is 0.429. The number of aromatic nitrogens is 2. The molecule has 0 bridgehead atoms. The molecule has 2 aromatic rings. The average Bonchev–Trinajstić information content (AvgIpc) is 3.06. The van der Waals surface area contributed by atoms with Crippen molar-refractivity contribution in [2.75, 3.05) is 18.4 Å². The van der Waals surface area contributed by atoms with E-state index >= 15 is 0 Å². The highest BCUT2D eigenvalue weighted by molar-refractivity contribution is 5.96. The average molecular weight is 257 g/mol. The highest BCUT2D eigenvalue weighted by atomic mass is 15.2. The first kappa shape index (κ1) is 12.0. The maximum atomic E-state index is 4.37. The summed E-state index contributed by atoms with van der Waals surface area (Å²) in [5.41, 5.74) is 4.53. The summed E-state index contributed by atoms with van der Waals surface area (Å²) in [6.07, 6.45) is 5.22. The van der Waals surface area contributed by atoms with E-state index in [0.29, 0.717) is 0 Å². The van der Waals surface area contributed by atoms with E-state index in [2.05, 4.69) is 44.7 Å². The van der Waals surface area contributed by atoms with Gasteiger partial charge in [-0.1, -0.05) is 13.3 Å². The number of aliphatic imine (C=N–C) groups is 1. The van der Waals surface area contributed by atoms with Crippen molar-refractivity contribution in [1.82, 2.24) is 15.3 Å². The molecular formula is C14H19N5. The van der Waals surface area contributed by atoms with Crippen LogP contribution >= 0.6 is 0 Å². The molecule has 3 N–H and O–H groups in total. The summed E-state index contributed by atoms with van der Waals surface area (Å²) >= 11 is 0. The molecule has 5 heteroatoms. The Morgan fingerprint density at radius 1 is 1.37 bits per heavy atom. The van der Waals surface area contributed by atoms with Gasteiger partial charge >= 0.3 is 0 Å². The minimum absolute atomic E-state index is 0.843. The number of aromatic amines is 1. The number of hydrogen-bond acceptors (Lipinski definition) is 4. The van der Waals surface area contributed by atoms with Gasteiger partial charge in [-0.15, -0.1) is 0 Å². The number of benzene rings is 1. The Kier molecular flexibility index (Phi) is 3.35. The normalized spacial score (nSPS) is 14.5. The maximum absolute atomic E-state index is 4.37. The Bertz CT molecular complexity index is 599. The third-order valence-corrected chi connectivity index (χ3v) is 3.35. The molecule has 5 nitrogen and oxygen atoms in total. The lowest BCUT2D eigenvalue weighted by Gasteiger charge is -2.09. The lowest BCUT2D eigenvalue weighted by Crippen LogP contribution is -2.26. The molecule has 3 rings (SSSR count). The van der Waals surface area contributed by atoms with Crippen LogP contribution < -0.4 is 10.6 Å². The first-order valence-corrected chi connectivity index (χ1v) is 6.88. The van der Waals surface area contributed by atoms with Crippen LogP contribution in [0.1, 0.15) is 25.3 Å². The first-order valence-electron chi connectivity index (χ1n) is 6.88. The molecule has 1 aromatic heterocycles. The molecular weight excluding hydrogens is 238 g/mol. The predicted octanol–water partition coefficient (Wildman–Crippen LogP) is 2.28. The van der Waals surface area contributed by atoms with E-state index in [4.69, 9.17) is 0 Å². The fourth-order valence-corrected chi connectivity index (χ4v) is 2.38. The van der Waals surface area contributed by atoms with E-state index in [9.17, 15) is 0 Å². The Hall–Kier alpha value is -2.04. The number of rotatable bonds is 4. The van der Waals surface area contributed by atoms with Gasteiger partial charge in [0.15, 0.2) is 5.96 Å². The molecule has 0 saturated carbocycles. The van der Waals surface area contributed by atoms with Crippen molar-refractivity contribution in [3.05, 3.63) is 24.0 Å². The van der Waals surface area contributed by atoms with Gasteiger partial charge in [0.1, 0.15) is 0 Å². The molecule has 100 valence electrons. The second kappa shape index (κ2) is 5.30. The van der Waals surface area contributed by atoms with Crippen LogP contribution in [0.3, 0.4) is 0 Å². The van der Waals surface area contributed by atoms with E-state index in [-0.39, 0.29) is 0 Å². The van der Waals surface area contributed by atoms with Crippen LogP contribution in [0.4, 0.5) is 5.69 Å². The molecule has 0 unspecified atom stereocenters. The molecule has 0 amide bonds. The molecule has 1 aliphatic rings. The standard InChI is InChI=1S/C14H19N5/c1-2-3-4-10-7-11(19-14-15-5-6-16-14)8-12-13(10)18-9-17-12/h7-9H,2-6H2,1H3,(H,17,18)(H2,15,16,19). The quantitative estimate of drug-likeness (QED) is 0.787. The van der Waals surface area contributed by atoms with Crippen LogP contribution in [0.5, 0.6) is 0 Å². The van der Waals surface area contributed by atoms with Crippen LogP contribution in [0, 0.1) is 0 Å². The number of nitrogens with zero attached hydrogens (tertiary/aromatic N) is 2. The summed E-state index contributed by atoms with van der Waals surface area (Å²) in [5.74, 6) is 0.858. The zero-order valence-corrected chi connectivity index (χ0v) is 11.2. The Labute approximate surface area is 112 Å². The summed E-state index contributed by atoms with van der Waals surface area (Å²) in [5, 5.41) is 6.54. The van der Waals surface area contributed by atoms with Crippen molar-refractivity contribution >= 4 is 22.7 Å². The summed E-state index contributed by atoms with van der Waals surface area (Å²) < 4.78 is 0. The van der Waals surface area contributed by atoms with Gasteiger partial charge in [-0.25, -0.2) is 4.98 Å². The number of aryl methyl sites for hydroxylation is 1. The monoisotopic (exact) mass is 257 g/mol. The number of imidazole rings is 1. The van der Waals surface area contributed by atoms with Crippen LogP contribution in [0.25, 0.3) is 11.0 Å². The van der Waals surface area contributed by atoms with E-state index in [1.165, 1.54) is 18.4 Å². The maximum Gasteiger partial charge on any atom is 0.195 e. The Morgan fingerprint density at radius 2 is 2.32 bits per heavy atom.